The van der Waals surface area contributed by atoms with Crippen LogP contribution in [0.5, 0.6) is 0 Å². The van der Waals surface area contributed by atoms with Crippen LogP contribution in [0.3, 0.4) is 0 Å². The van der Waals surface area contributed by atoms with Gasteiger partial charge >= 0.3 is 0 Å². The van der Waals surface area contributed by atoms with Crippen LogP contribution in [0.15, 0.2) is 0 Å². The first-order chi connectivity index (χ1) is 8.24. The Kier molecular flexibility index (Phi) is 7.09. The van der Waals surface area contributed by atoms with Crippen molar-refractivity contribution >= 4 is 0 Å². The molecular formula is C14H30N2O. The summed E-state index contributed by atoms with van der Waals surface area (Å²) in [5, 5.41) is 3.47. The topological polar surface area (TPSA) is 24.5 Å². The van der Waals surface area contributed by atoms with Gasteiger partial charge < -0.3 is 10.1 Å². The molecule has 0 bridgehead atoms. The maximum Gasteiger partial charge on any atom is 0.0637 e. The zero-order valence-corrected chi connectivity index (χ0v) is 12.0. The van der Waals surface area contributed by atoms with Gasteiger partial charge in [-0.25, -0.2) is 0 Å². The third-order valence-corrected chi connectivity index (χ3v) is 4.05. The summed E-state index contributed by atoms with van der Waals surface area (Å²) in [6.45, 7) is 9.89. The monoisotopic (exact) mass is 242 g/mol. The molecule has 1 aliphatic heterocycles. The van der Waals surface area contributed by atoms with Gasteiger partial charge in [-0.1, -0.05) is 20.3 Å². The fourth-order valence-electron chi connectivity index (χ4n) is 2.67. The normalized spacial score (nSPS) is 27.4. The van der Waals surface area contributed by atoms with Crippen LogP contribution in [0.1, 0.15) is 46.5 Å². The molecule has 0 aliphatic carbocycles. The second-order valence-electron chi connectivity index (χ2n) is 5.17. The number of hydrogen-bond donors (Lipinski definition) is 1. The Hall–Kier alpha value is -0.120. The summed E-state index contributed by atoms with van der Waals surface area (Å²) in [5.74, 6) is 0. The number of nitrogens with zero attached hydrogens (tertiary/aromatic N) is 1. The molecule has 3 atom stereocenters. The van der Waals surface area contributed by atoms with Crippen LogP contribution in [-0.2, 0) is 4.74 Å². The van der Waals surface area contributed by atoms with Crippen LogP contribution < -0.4 is 5.32 Å². The van der Waals surface area contributed by atoms with Crippen LogP contribution in [0.4, 0.5) is 0 Å². The molecule has 0 radical (unpaired) electrons. The van der Waals surface area contributed by atoms with E-state index in [0.717, 1.165) is 19.6 Å². The predicted octanol–water partition coefficient (Wildman–Crippen LogP) is 2.26. The van der Waals surface area contributed by atoms with Gasteiger partial charge in [-0.05, 0) is 39.8 Å². The molecule has 3 nitrogen and oxygen atoms in total. The summed E-state index contributed by atoms with van der Waals surface area (Å²) in [7, 11) is 2.08. The Morgan fingerprint density at radius 1 is 1.41 bits per heavy atom. The Bertz CT molecular complexity index is 199. The van der Waals surface area contributed by atoms with Crippen molar-refractivity contribution in [2.75, 3.05) is 26.8 Å². The molecule has 1 fully saturated rings. The van der Waals surface area contributed by atoms with E-state index >= 15 is 0 Å². The molecule has 0 amide bonds. The molecule has 0 spiro atoms. The Balaban J connectivity index is 2.64. The number of hydrogen-bond acceptors (Lipinski definition) is 3. The van der Waals surface area contributed by atoms with Crippen LogP contribution in [0, 0.1) is 0 Å². The van der Waals surface area contributed by atoms with E-state index in [9.17, 15) is 0 Å². The summed E-state index contributed by atoms with van der Waals surface area (Å²) in [6, 6.07) is 1.80. The van der Waals surface area contributed by atoms with Gasteiger partial charge in [-0.15, -0.1) is 0 Å². The van der Waals surface area contributed by atoms with E-state index in [-0.39, 0.29) is 0 Å². The molecule has 0 saturated carbocycles. The largest absolute Gasteiger partial charge is 0.380 e. The van der Waals surface area contributed by atoms with Crippen molar-refractivity contribution in [3.05, 3.63) is 0 Å². The van der Waals surface area contributed by atoms with Crippen molar-refractivity contribution in [1.29, 1.82) is 0 Å². The number of likely N-dealkylation sites (N-methyl/N-ethyl adjacent to an activating group) is 1. The predicted molar refractivity (Wildman–Crippen MR) is 73.4 cm³/mol. The summed E-state index contributed by atoms with van der Waals surface area (Å²) in [5.41, 5.74) is 0. The summed E-state index contributed by atoms with van der Waals surface area (Å²) in [6.07, 6.45) is 4.92. The van der Waals surface area contributed by atoms with Crippen molar-refractivity contribution < 1.29 is 4.74 Å². The number of unbranched alkanes of at least 4 members (excludes halogenated alkanes) is 1. The fourth-order valence-corrected chi connectivity index (χ4v) is 2.67. The van der Waals surface area contributed by atoms with Gasteiger partial charge in [0.1, 0.15) is 0 Å². The second kappa shape index (κ2) is 8.06. The van der Waals surface area contributed by atoms with E-state index in [1.165, 1.54) is 25.8 Å². The third-order valence-electron chi connectivity index (χ3n) is 4.05. The van der Waals surface area contributed by atoms with Crippen molar-refractivity contribution in [2.24, 2.45) is 0 Å². The molecule has 1 aliphatic rings. The number of ether oxygens (including phenoxy) is 1. The molecule has 1 rings (SSSR count). The Labute approximate surface area is 107 Å². The summed E-state index contributed by atoms with van der Waals surface area (Å²) >= 11 is 0. The molecule has 1 N–H and O–H groups in total. The Morgan fingerprint density at radius 2 is 2.18 bits per heavy atom. The van der Waals surface area contributed by atoms with Gasteiger partial charge in [-0.2, -0.15) is 0 Å². The highest BCUT2D eigenvalue weighted by molar-refractivity contribution is 4.88. The molecule has 3 heteroatoms. The molecule has 0 aromatic rings. The van der Waals surface area contributed by atoms with Crippen molar-refractivity contribution in [1.82, 2.24) is 10.2 Å². The molecular weight excluding hydrogens is 212 g/mol. The number of rotatable bonds is 7. The van der Waals surface area contributed by atoms with Crippen molar-refractivity contribution in [2.45, 2.75) is 64.6 Å². The molecule has 3 unspecified atom stereocenters. The minimum Gasteiger partial charge on any atom is -0.380 e. The molecule has 1 saturated heterocycles. The van der Waals surface area contributed by atoms with E-state index in [2.05, 4.69) is 38.0 Å². The number of nitrogens with one attached hydrogen (secondary N) is 1. The van der Waals surface area contributed by atoms with Crippen molar-refractivity contribution in [3.63, 3.8) is 0 Å². The van der Waals surface area contributed by atoms with Crippen LogP contribution in [0.25, 0.3) is 0 Å². The van der Waals surface area contributed by atoms with Gasteiger partial charge in [0.05, 0.1) is 6.61 Å². The van der Waals surface area contributed by atoms with Gasteiger partial charge in [0, 0.05) is 24.7 Å². The lowest BCUT2D eigenvalue weighted by molar-refractivity contribution is -0.0166. The van der Waals surface area contributed by atoms with Gasteiger partial charge in [0.2, 0.25) is 0 Å². The summed E-state index contributed by atoms with van der Waals surface area (Å²) < 4.78 is 5.69. The van der Waals surface area contributed by atoms with Gasteiger partial charge in [-0.3, -0.25) is 4.90 Å². The van der Waals surface area contributed by atoms with E-state index < -0.39 is 0 Å². The molecule has 17 heavy (non-hydrogen) atoms. The Morgan fingerprint density at radius 3 is 2.76 bits per heavy atom. The standard InChI is InChI=1S/C14H30N2O/c1-5-7-9-16(12(3)6-2)14-11-17-10-8-13(14)15-4/h12-15H,5-11H2,1-4H3. The molecule has 1 heterocycles. The maximum absolute atomic E-state index is 5.69. The zero-order valence-electron chi connectivity index (χ0n) is 12.0. The maximum atomic E-state index is 5.69. The molecule has 0 aromatic carbocycles. The SMILES string of the molecule is CCCCN(C(C)CC)C1COCCC1NC. The minimum atomic E-state index is 0.551. The molecule has 102 valence electrons. The highest BCUT2D eigenvalue weighted by Crippen LogP contribution is 2.19. The first-order valence-electron chi connectivity index (χ1n) is 7.25. The first kappa shape index (κ1) is 14.9. The average molecular weight is 242 g/mol. The van der Waals surface area contributed by atoms with Gasteiger partial charge in [0.25, 0.3) is 0 Å². The third kappa shape index (κ3) is 4.23. The van der Waals surface area contributed by atoms with E-state index in [4.69, 9.17) is 4.74 Å². The van der Waals surface area contributed by atoms with Crippen molar-refractivity contribution in [3.8, 4) is 0 Å². The van der Waals surface area contributed by atoms with Gasteiger partial charge in [0.15, 0.2) is 0 Å². The van der Waals surface area contributed by atoms with Crippen LogP contribution in [-0.4, -0.2) is 49.8 Å². The first-order valence-corrected chi connectivity index (χ1v) is 7.25. The second-order valence-corrected chi connectivity index (χ2v) is 5.17. The average Bonchev–Trinajstić information content (AvgIpc) is 2.39. The van der Waals surface area contributed by atoms with E-state index in [1.54, 1.807) is 0 Å². The smallest absolute Gasteiger partial charge is 0.0637 e. The lowest BCUT2D eigenvalue weighted by Gasteiger charge is -2.42. The lowest BCUT2D eigenvalue weighted by Crippen LogP contribution is -2.57. The lowest BCUT2D eigenvalue weighted by atomic mass is 9.99. The quantitative estimate of drug-likeness (QED) is 0.741. The van der Waals surface area contributed by atoms with E-state index in [1.807, 2.05) is 0 Å². The van der Waals surface area contributed by atoms with Crippen LogP contribution in [0.2, 0.25) is 0 Å². The van der Waals surface area contributed by atoms with Crippen LogP contribution >= 0.6 is 0 Å². The van der Waals surface area contributed by atoms with E-state index in [0.29, 0.717) is 18.1 Å². The fraction of sp³-hybridized carbons (Fsp3) is 1.00. The minimum absolute atomic E-state index is 0.551. The molecule has 0 aromatic heterocycles. The highest BCUT2D eigenvalue weighted by atomic mass is 16.5. The zero-order chi connectivity index (χ0) is 12.7. The summed E-state index contributed by atoms with van der Waals surface area (Å²) in [4.78, 5) is 2.66. The highest BCUT2D eigenvalue weighted by Gasteiger charge is 2.31.